The summed E-state index contributed by atoms with van der Waals surface area (Å²) in [7, 11) is 0. The molecular formula is C25H19Cl2N3O3. The fourth-order valence-corrected chi connectivity index (χ4v) is 3.77. The molecule has 0 bridgehead atoms. The smallest absolute Gasteiger partial charge is 0.283 e. The average Bonchev–Trinajstić information content (AvgIpc) is 3.03. The highest BCUT2D eigenvalue weighted by atomic mass is 35.5. The van der Waals surface area contributed by atoms with Gasteiger partial charge in [0, 0.05) is 16.9 Å². The second-order valence-electron chi connectivity index (χ2n) is 7.29. The summed E-state index contributed by atoms with van der Waals surface area (Å²) in [4.78, 5) is 38.9. The van der Waals surface area contributed by atoms with E-state index in [1.54, 1.807) is 48.5 Å². The Hall–Kier alpha value is -3.61. The highest BCUT2D eigenvalue weighted by molar-refractivity contribution is 6.53. The maximum Gasteiger partial charge on any atom is 0.283 e. The lowest BCUT2D eigenvalue weighted by atomic mass is 10.1. The second kappa shape index (κ2) is 9.48. The summed E-state index contributed by atoms with van der Waals surface area (Å²) in [6.45, 7) is 2.07. The zero-order chi connectivity index (χ0) is 23.5. The molecule has 1 heterocycles. The van der Waals surface area contributed by atoms with Crippen LogP contribution in [0, 0.1) is 0 Å². The van der Waals surface area contributed by atoms with Crippen molar-refractivity contribution in [3.05, 3.63) is 99.7 Å². The molecule has 4 rings (SSSR count). The molecule has 0 aromatic heterocycles. The van der Waals surface area contributed by atoms with Gasteiger partial charge in [0.2, 0.25) is 0 Å². The highest BCUT2D eigenvalue weighted by Gasteiger charge is 2.39. The van der Waals surface area contributed by atoms with Gasteiger partial charge in [-0.15, -0.1) is 0 Å². The predicted molar refractivity (Wildman–Crippen MR) is 131 cm³/mol. The number of nitrogens with one attached hydrogen (secondary N) is 2. The summed E-state index contributed by atoms with van der Waals surface area (Å²) in [6.07, 6.45) is 0.924. The Bertz CT molecular complexity index is 1270. The van der Waals surface area contributed by atoms with Crippen LogP contribution in [0.25, 0.3) is 0 Å². The van der Waals surface area contributed by atoms with Crippen LogP contribution in [0.15, 0.2) is 83.5 Å². The Balaban J connectivity index is 1.47. The number of para-hydroxylation sites is 1. The van der Waals surface area contributed by atoms with Gasteiger partial charge in [-0.25, -0.2) is 4.90 Å². The molecule has 2 N–H and O–H groups in total. The van der Waals surface area contributed by atoms with Gasteiger partial charge in [-0.3, -0.25) is 14.4 Å². The summed E-state index contributed by atoms with van der Waals surface area (Å²) in [5.74, 6) is -1.54. The van der Waals surface area contributed by atoms with Crippen LogP contribution < -0.4 is 15.5 Å². The number of nitrogens with zero attached hydrogens (tertiary/aromatic N) is 1. The van der Waals surface area contributed by atoms with Gasteiger partial charge in [0.15, 0.2) is 0 Å². The van der Waals surface area contributed by atoms with Crippen molar-refractivity contribution in [2.75, 3.05) is 15.5 Å². The minimum absolute atomic E-state index is 0.0604. The topological polar surface area (TPSA) is 78.5 Å². The Morgan fingerprint density at radius 3 is 2.12 bits per heavy atom. The number of aryl methyl sites for hydroxylation is 1. The summed E-state index contributed by atoms with van der Waals surface area (Å²) in [6, 6.07) is 20.6. The van der Waals surface area contributed by atoms with E-state index < -0.39 is 11.8 Å². The van der Waals surface area contributed by atoms with Gasteiger partial charge >= 0.3 is 0 Å². The van der Waals surface area contributed by atoms with E-state index in [1.165, 1.54) is 5.56 Å². The van der Waals surface area contributed by atoms with Crippen LogP contribution in [0.2, 0.25) is 5.02 Å². The summed E-state index contributed by atoms with van der Waals surface area (Å²) < 4.78 is 0. The predicted octanol–water partition coefficient (Wildman–Crippen LogP) is 5.59. The Morgan fingerprint density at radius 2 is 1.48 bits per heavy atom. The number of anilines is 3. The molecular weight excluding hydrogens is 461 g/mol. The van der Waals surface area contributed by atoms with Crippen molar-refractivity contribution in [3.63, 3.8) is 0 Å². The molecule has 3 aromatic rings. The molecule has 0 spiro atoms. The quantitative estimate of drug-likeness (QED) is 0.451. The van der Waals surface area contributed by atoms with Crippen molar-refractivity contribution in [2.24, 2.45) is 0 Å². The minimum atomic E-state index is -0.664. The lowest BCUT2D eigenvalue weighted by Gasteiger charge is -2.16. The number of carbonyl (C=O) groups is 3. The fraction of sp³-hybridized carbons (Fsp3) is 0.0800. The molecule has 0 fully saturated rings. The monoisotopic (exact) mass is 479 g/mol. The van der Waals surface area contributed by atoms with Crippen LogP contribution in [0.5, 0.6) is 0 Å². The maximum atomic E-state index is 12.9. The van der Waals surface area contributed by atoms with Gasteiger partial charge < -0.3 is 10.6 Å². The number of imide groups is 1. The molecule has 3 amide bonds. The SMILES string of the molecule is CCc1ccc(NC(=O)c2ccc(NC3=C(Cl)C(=O)N(c4ccccc4Cl)C3=O)cc2)cc1. The van der Waals surface area contributed by atoms with Crippen LogP contribution in [0.1, 0.15) is 22.8 Å². The van der Waals surface area contributed by atoms with E-state index in [9.17, 15) is 14.4 Å². The standard InChI is InChI=1S/C25H19Cl2N3O3/c1-2-15-7-11-18(12-8-15)29-23(31)16-9-13-17(14-10-16)28-22-21(27)24(32)30(25(22)33)20-6-4-3-5-19(20)26/h3-14,28H,2H2,1H3,(H,29,31). The van der Waals surface area contributed by atoms with Crippen LogP contribution in [-0.4, -0.2) is 17.7 Å². The van der Waals surface area contributed by atoms with Gasteiger partial charge in [-0.05, 0) is 60.5 Å². The molecule has 0 radical (unpaired) electrons. The highest BCUT2D eigenvalue weighted by Crippen LogP contribution is 2.34. The van der Waals surface area contributed by atoms with Crippen LogP contribution in [0.3, 0.4) is 0 Å². The Kier molecular flexibility index (Phi) is 6.49. The van der Waals surface area contributed by atoms with Crippen molar-refractivity contribution in [2.45, 2.75) is 13.3 Å². The van der Waals surface area contributed by atoms with Gasteiger partial charge in [-0.2, -0.15) is 0 Å². The molecule has 1 aliphatic heterocycles. The molecule has 0 aliphatic carbocycles. The molecule has 8 heteroatoms. The number of amides is 3. The number of carbonyl (C=O) groups excluding carboxylic acids is 3. The van der Waals surface area contributed by atoms with Crippen molar-refractivity contribution in [1.29, 1.82) is 0 Å². The van der Waals surface area contributed by atoms with E-state index in [0.29, 0.717) is 16.9 Å². The van der Waals surface area contributed by atoms with E-state index in [1.807, 2.05) is 24.3 Å². The minimum Gasteiger partial charge on any atom is -0.350 e. The van der Waals surface area contributed by atoms with E-state index in [4.69, 9.17) is 23.2 Å². The molecule has 1 aliphatic rings. The molecule has 0 saturated carbocycles. The van der Waals surface area contributed by atoms with Crippen LogP contribution in [0.4, 0.5) is 17.1 Å². The van der Waals surface area contributed by atoms with Gasteiger partial charge in [-0.1, -0.05) is 54.4 Å². The largest absolute Gasteiger partial charge is 0.350 e. The van der Waals surface area contributed by atoms with E-state index in [2.05, 4.69) is 17.6 Å². The van der Waals surface area contributed by atoms with Gasteiger partial charge in [0.1, 0.15) is 10.7 Å². The zero-order valence-electron chi connectivity index (χ0n) is 17.6. The normalized spacial score (nSPS) is 13.5. The third kappa shape index (κ3) is 4.62. The average molecular weight is 480 g/mol. The van der Waals surface area contributed by atoms with Crippen molar-refractivity contribution in [3.8, 4) is 0 Å². The van der Waals surface area contributed by atoms with E-state index >= 15 is 0 Å². The number of hydrogen-bond acceptors (Lipinski definition) is 4. The first-order chi connectivity index (χ1) is 15.9. The molecule has 0 saturated heterocycles. The van der Waals surface area contributed by atoms with Crippen molar-refractivity contribution >= 4 is 58.0 Å². The molecule has 3 aromatic carbocycles. The summed E-state index contributed by atoms with van der Waals surface area (Å²) in [5, 5.41) is 5.74. The second-order valence-corrected chi connectivity index (χ2v) is 8.08. The Labute approximate surface area is 200 Å². The summed E-state index contributed by atoms with van der Waals surface area (Å²) in [5.41, 5.74) is 3.01. The first-order valence-corrected chi connectivity index (χ1v) is 10.9. The lowest BCUT2D eigenvalue weighted by Crippen LogP contribution is -2.32. The maximum absolute atomic E-state index is 12.9. The molecule has 166 valence electrons. The molecule has 0 atom stereocenters. The van der Waals surface area contributed by atoms with E-state index in [0.717, 1.165) is 11.3 Å². The van der Waals surface area contributed by atoms with Crippen molar-refractivity contribution in [1.82, 2.24) is 0 Å². The summed E-state index contributed by atoms with van der Waals surface area (Å²) >= 11 is 12.3. The molecule has 0 unspecified atom stereocenters. The Morgan fingerprint density at radius 1 is 0.848 bits per heavy atom. The number of rotatable bonds is 6. The molecule has 6 nitrogen and oxygen atoms in total. The molecule has 33 heavy (non-hydrogen) atoms. The van der Waals surface area contributed by atoms with Gasteiger partial charge in [0.25, 0.3) is 17.7 Å². The lowest BCUT2D eigenvalue weighted by molar-refractivity contribution is -0.120. The third-order valence-corrected chi connectivity index (χ3v) is 5.83. The number of benzene rings is 3. The van der Waals surface area contributed by atoms with E-state index in [-0.39, 0.29) is 27.3 Å². The first-order valence-electron chi connectivity index (χ1n) is 10.2. The fourth-order valence-electron chi connectivity index (χ4n) is 3.34. The zero-order valence-corrected chi connectivity index (χ0v) is 19.1. The first kappa shape index (κ1) is 22.6. The third-order valence-electron chi connectivity index (χ3n) is 5.16. The van der Waals surface area contributed by atoms with Crippen LogP contribution >= 0.6 is 23.2 Å². The van der Waals surface area contributed by atoms with Gasteiger partial charge in [0.05, 0.1) is 10.7 Å². The van der Waals surface area contributed by atoms with Crippen LogP contribution in [-0.2, 0) is 16.0 Å². The van der Waals surface area contributed by atoms with Crippen molar-refractivity contribution < 1.29 is 14.4 Å². The number of halogens is 2. The number of hydrogen-bond donors (Lipinski definition) is 2.